The van der Waals surface area contributed by atoms with Crippen LogP contribution in [0.3, 0.4) is 0 Å². The Labute approximate surface area is 109 Å². The Morgan fingerprint density at radius 1 is 1.05 bits per heavy atom. The van der Waals surface area contributed by atoms with Gasteiger partial charge in [0.05, 0.1) is 16.8 Å². The van der Waals surface area contributed by atoms with Gasteiger partial charge in [-0.25, -0.2) is 19.3 Å². The fourth-order valence-corrected chi connectivity index (χ4v) is 2.04. The molecule has 19 heavy (non-hydrogen) atoms. The number of aromatic nitrogens is 4. The normalized spacial score (nSPS) is 10.8. The van der Waals surface area contributed by atoms with E-state index in [4.69, 9.17) is 0 Å². The molecule has 0 atom stereocenters. The number of para-hydroxylation sites is 1. The Morgan fingerprint density at radius 3 is 2.53 bits per heavy atom. The van der Waals surface area contributed by atoms with Crippen LogP contribution in [0.5, 0.6) is 0 Å². The van der Waals surface area contributed by atoms with E-state index in [2.05, 4.69) is 15.0 Å². The summed E-state index contributed by atoms with van der Waals surface area (Å²) in [7, 11) is 0. The number of benzene rings is 1. The molecule has 0 amide bonds. The minimum atomic E-state index is -0.325. The van der Waals surface area contributed by atoms with Gasteiger partial charge in [0.25, 0.3) is 0 Å². The maximum Gasteiger partial charge on any atom is 0.354 e. The summed E-state index contributed by atoms with van der Waals surface area (Å²) in [6, 6.07) is 9.37. The van der Waals surface area contributed by atoms with Crippen molar-refractivity contribution in [2.45, 2.75) is 13.8 Å². The van der Waals surface area contributed by atoms with Gasteiger partial charge in [0.1, 0.15) is 5.82 Å². The van der Waals surface area contributed by atoms with E-state index < -0.39 is 0 Å². The van der Waals surface area contributed by atoms with Gasteiger partial charge < -0.3 is 0 Å². The van der Waals surface area contributed by atoms with Crippen molar-refractivity contribution in [1.29, 1.82) is 0 Å². The van der Waals surface area contributed by atoms with E-state index >= 15 is 0 Å². The number of hydrogen-bond donors (Lipinski definition) is 0. The van der Waals surface area contributed by atoms with Crippen molar-refractivity contribution in [3.63, 3.8) is 0 Å². The number of hydrogen-bond acceptors (Lipinski definition) is 4. The Balaban J connectivity index is 2.48. The van der Waals surface area contributed by atoms with Crippen LogP contribution < -0.4 is 5.69 Å². The molecule has 0 N–H and O–H groups in total. The molecule has 0 unspecified atom stereocenters. The standard InChI is InChI=1S/C14H12N4O/c1-9-12-8-15-10(2)17-13(12)18(14(19)16-9)11-6-4-3-5-7-11/h3-8H,1-2H3. The van der Waals surface area contributed by atoms with Gasteiger partial charge in [-0.15, -0.1) is 0 Å². The molecule has 3 aromatic rings. The van der Waals surface area contributed by atoms with Crippen LogP contribution in [-0.2, 0) is 0 Å². The lowest BCUT2D eigenvalue weighted by molar-refractivity contribution is 0.907. The first-order chi connectivity index (χ1) is 9.16. The third-order valence-electron chi connectivity index (χ3n) is 2.96. The first-order valence-electron chi connectivity index (χ1n) is 5.95. The molecule has 0 aliphatic heterocycles. The average molecular weight is 252 g/mol. The van der Waals surface area contributed by atoms with Crippen molar-refractivity contribution >= 4 is 11.0 Å². The van der Waals surface area contributed by atoms with Gasteiger partial charge in [-0.3, -0.25) is 0 Å². The van der Waals surface area contributed by atoms with E-state index in [9.17, 15) is 4.79 Å². The van der Waals surface area contributed by atoms with E-state index in [1.54, 1.807) is 20.0 Å². The predicted molar refractivity (Wildman–Crippen MR) is 72.4 cm³/mol. The second-order valence-electron chi connectivity index (χ2n) is 4.31. The molecule has 0 spiro atoms. The largest absolute Gasteiger partial charge is 0.354 e. The monoisotopic (exact) mass is 252 g/mol. The van der Waals surface area contributed by atoms with Crippen LogP contribution in [0.1, 0.15) is 11.5 Å². The smallest absolute Gasteiger partial charge is 0.245 e. The predicted octanol–water partition coefficient (Wildman–Crippen LogP) is 1.79. The van der Waals surface area contributed by atoms with Crippen LogP contribution >= 0.6 is 0 Å². The zero-order valence-electron chi connectivity index (χ0n) is 10.7. The van der Waals surface area contributed by atoms with Crippen LogP contribution in [0.4, 0.5) is 0 Å². The van der Waals surface area contributed by atoms with Crippen molar-refractivity contribution in [1.82, 2.24) is 19.5 Å². The summed E-state index contributed by atoms with van der Waals surface area (Å²) in [4.78, 5) is 24.7. The maximum absolute atomic E-state index is 12.2. The third kappa shape index (κ3) is 1.89. The SMILES string of the molecule is Cc1ncc2c(C)nc(=O)n(-c3ccccc3)c2n1. The van der Waals surface area contributed by atoms with Crippen molar-refractivity contribution < 1.29 is 0 Å². The Morgan fingerprint density at radius 2 is 1.79 bits per heavy atom. The van der Waals surface area contributed by atoms with Crippen LogP contribution in [-0.4, -0.2) is 19.5 Å². The van der Waals surface area contributed by atoms with Crippen LogP contribution in [0.15, 0.2) is 41.3 Å². The summed E-state index contributed by atoms with van der Waals surface area (Å²) < 4.78 is 1.51. The Hall–Kier alpha value is -2.56. The summed E-state index contributed by atoms with van der Waals surface area (Å²) in [5.41, 5.74) is 1.67. The molecule has 0 fully saturated rings. The number of nitrogens with zero attached hydrogens (tertiary/aromatic N) is 4. The van der Waals surface area contributed by atoms with Gasteiger partial charge >= 0.3 is 5.69 Å². The lowest BCUT2D eigenvalue weighted by atomic mass is 10.2. The lowest BCUT2D eigenvalue weighted by Crippen LogP contribution is -2.23. The van der Waals surface area contributed by atoms with Gasteiger partial charge in [-0.1, -0.05) is 18.2 Å². The highest BCUT2D eigenvalue weighted by molar-refractivity contribution is 5.77. The molecule has 94 valence electrons. The van der Waals surface area contributed by atoms with Crippen molar-refractivity contribution in [3.8, 4) is 5.69 Å². The molecule has 0 saturated carbocycles. The molecule has 5 nitrogen and oxygen atoms in total. The molecule has 1 aromatic carbocycles. The summed E-state index contributed by atoms with van der Waals surface area (Å²) in [5.74, 6) is 0.627. The summed E-state index contributed by atoms with van der Waals surface area (Å²) in [5, 5.41) is 0.786. The molecule has 5 heteroatoms. The van der Waals surface area contributed by atoms with E-state index in [0.29, 0.717) is 17.2 Å². The molecular weight excluding hydrogens is 240 g/mol. The van der Waals surface area contributed by atoms with Gasteiger partial charge in [-0.05, 0) is 26.0 Å². The molecule has 3 rings (SSSR count). The van der Waals surface area contributed by atoms with Crippen molar-refractivity contribution in [2.75, 3.05) is 0 Å². The fourth-order valence-electron chi connectivity index (χ4n) is 2.04. The number of fused-ring (bicyclic) bond motifs is 1. The Kier molecular flexibility index (Phi) is 2.59. The first-order valence-corrected chi connectivity index (χ1v) is 5.95. The zero-order chi connectivity index (χ0) is 13.4. The van der Waals surface area contributed by atoms with E-state index in [1.165, 1.54) is 4.57 Å². The molecule has 0 radical (unpaired) electrons. The zero-order valence-corrected chi connectivity index (χ0v) is 10.7. The number of aryl methyl sites for hydroxylation is 2. The Bertz CT molecular complexity index is 809. The fraction of sp³-hybridized carbons (Fsp3) is 0.143. The highest BCUT2D eigenvalue weighted by Crippen LogP contribution is 2.15. The van der Waals surface area contributed by atoms with Gasteiger partial charge in [0.2, 0.25) is 0 Å². The summed E-state index contributed by atoms with van der Waals surface area (Å²) in [6.07, 6.45) is 1.71. The van der Waals surface area contributed by atoms with Gasteiger partial charge in [0.15, 0.2) is 5.65 Å². The maximum atomic E-state index is 12.2. The van der Waals surface area contributed by atoms with E-state index in [-0.39, 0.29) is 5.69 Å². The second-order valence-corrected chi connectivity index (χ2v) is 4.31. The highest BCUT2D eigenvalue weighted by Gasteiger charge is 2.11. The number of rotatable bonds is 1. The van der Waals surface area contributed by atoms with Crippen molar-refractivity contribution in [3.05, 3.63) is 58.5 Å². The van der Waals surface area contributed by atoms with Crippen LogP contribution in [0, 0.1) is 13.8 Å². The minimum absolute atomic E-state index is 0.325. The van der Waals surface area contributed by atoms with E-state index in [0.717, 1.165) is 11.1 Å². The lowest BCUT2D eigenvalue weighted by Gasteiger charge is -2.10. The van der Waals surface area contributed by atoms with Crippen LogP contribution in [0.25, 0.3) is 16.7 Å². The molecule has 0 bridgehead atoms. The van der Waals surface area contributed by atoms with E-state index in [1.807, 2.05) is 30.3 Å². The minimum Gasteiger partial charge on any atom is -0.245 e. The molecular formula is C14H12N4O. The quantitative estimate of drug-likeness (QED) is 0.662. The van der Waals surface area contributed by atoms with Gasteiger partial charge in [0, 0.05) is 6.20 Å². The molecule has 0 aliphatic rings. The van der Waals surface area contributed by atoms with Gasteiger partial charge in [-0.2, -0.15) is 4.98 Å². The van der Waals surface area contributed by atoms with Crippen LogP contribution in [0.2, 0.25) is 0 Å². The second kappa shape index (κ2) is 4.28. The molecule has 0 aliphatic carbocycles. The molecule has 2 heterocycles. The summed E-state index contributed by atoms with van der Waals surface area (Å²) in [6.45, 7) is 3.59. The van der Waals surface area contributed by atoms with Crippen molar-refractivity contribution in [2.24, 2.45) is 0 Å². The molecule has 0 saturated heterocycles. The first kappa shape index (κ1) is 11.5. The molecule has 2 aromatic heterocycles. The third-order valence-corrected chi connectivity index (χ3v) is 2.96. The topological polar surface area (TPSA) is 60.7 Å². The highest BCUT2D eigenvalue weighted by atomic mass is 16.1. The summed E-state index contributed by atoms with van der Waals surface area (Å²) >= 11 is 0. The average Bonchev–Trinajstić information content (AvgIpc) is 2.39.